The minimum absolute atomic E-state index is 0.308. The third-order valence-electron chi connectivity index (χ3n) is 9.04. The molecule has 13 nitrogen and oxygen atoms in total. The van der Waals surface area contributed by atoms with Gasteiger partial charge in [0.25, 0.3) is 5.91 Å². The van der Waals surface area contributed by atoms with Gasteiger partial charge in [0.1, 0.15) is 0 Å². The first-order valence-corrected chi connectivity index (χ1v) is 16.5. The number of nitrogens with zero attached hydrogens (tertiary/aromatic N) is 7. The van der Waals surface area contributed by atoms with Gasteiger partial charge in [0, 0.05) is 49.3 Å². The van der Waals surface area contributed by atoms with Gasteiger partial charge < -0.3 is 28.8 Å². The van der Waals surface area contributed by atoms with Crippen LogP contribution in [-0.4, -0.2) is 82.1 Å². The molecule has 51 heavy (non-hydrogen) atoms. The van der Waals surface area contributed by atoms with E-state index in [1.165, 1.54) is 28.6 Å². The molecule has 0 spiro atoms. The highest BCUT2D eigenvalue weighted by Crippen LogP contribution is 2.38. The molecule has 13 heteroatoms. The van der Waals surface area contributed by atoms with E-state index in [2.05, 4.69) is 54.9 Å². The van der Waals surface area contributed by atoms with Gasteiger partial charge in [0.15, 0.2) is 23.0 Å². The third-order valence-corrected chi connectivity index (χ3v) is 9.04. The summed E-state index contributed by atoms with van der Waals surface area (Å²) in [6.07, 6.45) is 7.12. The molecule has 4 aromatic carbocycles. The second-order valence-electron chi connectivity index (χ2n) is 12.0. The van der Waals surface area contributed by atoms with Crippen LogP contribution in [-0.2, 0) is 19.4 Å². The molecule has 260 valence electrons. The molecule has 0 bridgehead atoms. The molecule has 0 aliphatic carbocycles. The zero-order valence-corrected chi connectivity index (χ0v) is 28.9. The minimum Gasteiger partial charge on any atom is -0.493 e. The molecule has 7 rings (SSSR count). The molecule has 0 radical (unpaired) electrons. The summed E-state index contributed by atoms with van der Waals surface area (Å²) >= 11 is 0. The van der Waals surface area contributed by atoms with E-state index in [0.717, 1.165) is 55.3 Å². The van der Waals surface area contributed by atoms with Crippen molar-refractivity contribution in [2.24, 2.45) is 0 Å². The molecule has 0 fully saturated rings. The van der Waals surface area contributed by atoms with Gasteiger partial charge in [-0.2, -0.15) is 0 Å². The molecule has 3 heterocycles. The van der Waals surface area contributed by atoms with Crippen LogP contribution < -0.4 is 24.3 Å². The number of methoxy groups -OCH3 is 4. The zero-order valence-electron chi connectivity index (χ0n) is 28.9. The summed E-state index contributed by atoms with van der Waals surface area (Å²) in [7, 11) is 6.43. The number of anilines is 1. The lowest BCUT2D eigenvalue weighted by atomic mass is 9.98. The van der Waals surface area contributed by atoms with Crippen molar-refractivity contribution in [2.45, 2.75) is 19.4 Å². The Morgan fingerprint density at radius 3 is 2.16 bits per heavy atom. The topological polar surface area (TPSA) is 131 Å². The molecular weight excluding hydrogens is 648 g/mol. The Morgan fingerprint density at radius 1 is 0.804 bits per heavy atom. The average Bonchev–Trinajstić information content (AvgIpc) is 3.90. The number of imidazole rings is 1. The van der Waals surface area contributed by atoms with E-state index in [9.17, 15) is 4.79 Å². The van der Waals surface area contributed by atoms with Gasteiger partial charge in [0.2, 0.25) is 5.82 Å². The molecule has 0 saturated heterocycles. The summed E-state index contributed by atoms with van der Waals surface area (Å²) in [6, 6.07) is 23.0. The van der Waals surface area contributed by atoms with Gasteiger partial charge in [-0.3, -0.25) is 9.69 Å². The van der Waals surface area contributed by atoms with Crippen LogP contribution in [0.5, 0.6) is 23.0 Å². The smallest absolute Gasteiger partial charge is 0.255 e. The summed E-state index contributed by atoms with van der Waals surface area (Å²) in [4.78, 5) is 21.4. The van der Waals surface area contributed by atoms with Crippen LogP contribution in [0.25, 0.3) is 22.8 Å². The first-order valence-electron chi connectivity index (χ1n) is 16.5. The predicted octanol–water partition coefficient (Wildman–Crippen LogP) is 5.40. The Bertz CT molecular complexity index is 2130. The van der Waals surface area contributed by atoms with Crippen molar-refractivity contribution in [1.82, 2.24) is 34.7 Å². The first-order chi connectivity index (χ1) is 25.0. The summed E-state index contributed by atoms with van der Waals surface area (Å²) in [5, 5.41) is 16.3. The van der Waals surface area contributed by atoms with Gasteiger partial charge >= 0.3 is 0 Å². The van der Waals surface area contributed by atoms with Gasteiger partial charge in [-0.25, -0.2) is 4.98 Å². The highest BCUT2D eigenvalue weighted by Gasteiger charge is 2.21. The van der Waals surface area contributed by atoms with E-state index in [4.69, 9.17) is 18.9 Å². The number of fused-ring (bicyclic) bond motifs is 1. The fourth-order valence-electron chi connectivity index (χ4n) is 6.21. The van der Waals surface area contributed by atoms with Crippen LogP contribution in [0.2, 0.25) is 0 Å². The zero-order chi connectivity index (χ0) is 35.3. The summed E-state index contributed by atoms with van der Waals surface area (Å²) in [6.45, 7) is 2.79. The second kappa shape index (κ2) is 14.7. The number of benzene rings is 4. The van der Waals surface area contributed by atoms with Crippen LogP contribution in [0.3, 0.4) is 0 Å². The average molecular weight is 687 g/mol. The van der Waals surface area contributed by atoms with Crippen molar-refractivity contribution in [1.29, 1.82) is 0 Å². The normalized spacial score (nSPS) is 12.6. The molecule has 0 saturated carbocycles. The number of amides is 1. The molecule has 1 amide bonds. The Balaban J connectivity index is 1.05. The van der Waals surface area contributed by atoms with E-state index in [1.54, 1.807) is 58.1 Å². The van der Waals surface area contributed by atoms with E-state index in [1.807, 2.05) is 35.0 Å². The minimum atomic E-state index is -0.308. The van der Waals surface area contributed by atoms with E-state index < -0.39 is 0 Å². The maximum Gasteiger partial charge on any atom is 0.255 e. The van der Waals surface area contributed by atoms with Crippen molar-refractivity contribution in [3.63, 3.8) is 0 Å². The fraction of sp³-hybridized carbons (Fsp3) is 0.237. The van der Waals surface area contributed by atoms with E-state index >= 15 is 0 Å². The SMILES string of the molecule is COc1cc2c(cc1OC)CN(CCc1ccc(-n3nnc(-c4cc(OC)c(OC)cc4NC(=O)c4ccc(-n5ccnc5)cc4)n3)cc1)CC2. The standard InChI is InChI=1S/C38H38N8O5/c1-48-33-19-27-14-17-44(23-28(27)20-34(33)49-2)16-13-25-5-9-30(10-6-25)46-42-37(41-43-46)31-21-35(50-3)36(51-4)22-32(31)40-38(47)26-7-11-29(12-8-26)45-18-15-39-24-45/h5-12,15,18-22,24H,13-14,16-17,23H2,1-4H3,(H,40,47). The van der Waals surface area contributed by atoms with Crippen LogP contribution in [0, 0.1) is 0 Å². The lowest BCUT2D eigenvalue weighted by molar-refractivity contribution is 0.102. The van der Waals surface area contributed by atoms with Gasteiger partial charge in [-0.15, -0.1) is 15.0 Å². The largest absolute Gasteiger partial charge is 0.493 e. The fourth-order valence-corrected chi connectivity index (χ4v) is 6.21. The van der Waals surface area contributed by atoms with Crippen molar-refractivity contribution >= 4 is 11.6 Å². The van der Waals surface area contributed by atoms with Crippen LogP contribution >= 0.6 is 0 Å². The maximum atomic E-state index is 13.4. The van der Waals surface area contributed by atoms with Crippen molar-refractivity contribution in [3.8, 4) is 45.8 Å². The Morgan fingerprint density at radius 2 is 1.47 bits per heavy atom. The monoisotopic (exact) mass is 686 g/mol. The predicted molar refractivity (Wildman–Crippen MR) is 191 cm³/mol. The van der Waals surface area contributed by atoms with E-state index in [-0.39, 0.29) is 5.91 Å². The Labute approximate surface area is 295 Å². The first kappa shape index (κ1) is 33.3. The van der Waals surface area contributed by atoms with Gasteiger partial charge in [-0.05, 0) is 89.3 Å². The molecule has 2 aromatic heterocycles. The number of aromatic nitrogens is 6. The molecule has 1 N–H and O–H groups in total. The van der Waals surface area contributed by atoms with Crippen LogP contribution in [0.4, 0.5) is 5.69 Å². The Hall–Kier alpha value is -6.21. The number of carbonyl (C=O) groups excluding carboxylic acids is 1. The van der Waals surface area contributed by atoms with Crippen molar-refractivity contribution < 1.29 is 23.7 Å². The number of ether oxygens (including phenoxy) is 4. The number of rotatable bonds is 12. The quantitative estimate of drug-likeness (QED) is 0.179. The molecule has 6 aromatic rings. The Kier molecular flexibility index (Phi) is 9.61. The number of nitrogens with one attached hydrogen (secondary N) is 1. The summed E-state index contributed by atoms with van der Waals surface area (Å²) in [5.41, 5.74) is 6.90. The lowest BCUT2D eigenvalue weighted by Crippen LogP contribution is -2.32. The van der Waals surface area contributed by atoms with Crippen molar-refractivity contribution in [3.05, 3.63) is 114 Å². The van der Waals surface area contributed by atoms with Crippen molar-refractivity contribution in [2.75, 3.05) is 46.8 Å². The molecule has 1 aliphatic heterocycles. The van der Waals surface area contributed by atoms with Crippen LogP contribution in [0.15, 0.2) is 91.5 Å². The van der Waals surface area contributed by atoms with Gasteiger partial charge in [-0.1, -0.05) is 12.1 Å². The van der Waals surface area contributed by atoms with Crippen LogP contribution in [0.1, 0.15) is 27.0 Å². The molecular formula is C38H38N8O5. The second-order valence-corrected chi connectivity index (χ2v) is 12.0. The molecule has 0 atom stereocenters. The number of hydrogen-bond acceptors (Lipinski definition) is 10. The molecule has 1 aliphatic rings. The lowest BCUT2D eigenvalue weighted by Gasteiger charge is -2.29. The highest BCUT2D eigenvalue weighted by atomic mass is 16.5. The molecule has 0 unspecified atom stereocenters. The number of hydrogen-bond donors (Lipinski definition) is 1. The maximum absolute atomic E-state index is 13.4. The summed E-state index contributed by atoms with van der Waals surface area (Å²) < 4.78 is 24.0. The number of carbonyl (C=O) groups is 1. The summed E-state index contributed by atoms with van der Waals surface area (Å²) in [5.74, 6) is 2.45. The third kappa shape index (κ3) is 7.10. The highest BCUT2D eigenvalue weighted by molar-refractivity contribution is 6.06. The van der Waals surface area contributed by atoms with Gasteiger partial charge in [0.05, 0.1) is 51.7 Å². The van der Waals surface area contributed by atoms with E-state index in [0.29, 0.717) is 34.1 Å². The number of tetrazole rings is 1.